The Hall–Kier alpha value is -3.85. The lowest BCUT2D eigenvalue weighted by atomic mass is 10.0. The van der Waals surface area contributed by atoms with E-state index in [1.165, 1.54) is 28.6 Å². The van der Waals surface area contributed by atoms with E-state index in [0.717, 1.165) is 16.7 Å². The molecule has 0 radical (unpaired) electrons. The van der Waals surface area contributed by atoms with Gasteiger partial charge in [0, 0.05) is 19.6 Å². The molecule has 0 saturated heterocycles. The van der Waals surface area contributed by atoms with Crippen LogP contribution in [0, 0.1) is 5.82 Å². The van der Waals surface area contributed by atoms with Gasteiger partial charge in [-0.25, -0.2) is 12.8 Å². The normalized spacial score (nSPS) is 12.3. The van der Waals surface area contributed by atoms with Crippen LogP contribution >= 0.6 is 0 Å². The monoisotopic (exact) mass is 545 g/mol. The van der Waals surface area contributed by atoms with Crippen LogP contribution in [0.25, 0.3) is 11.1 Å². The number of hydrogen-bond acceptors (Lipinski definition) is 4. The molecule has 4 rings (SSSR count). The minimum Gasteiger partial charge on any atom is -0.351 e. The third-order valence-corrected chi connectivity index (χ3v) is 8.36. The van der Waals surface area contributed by atoms with Gasteiger partial charge in [0.05, 0.1) is 11.4 Å². The Labute approximate surface area is 229 Å². The number of carbonyl (C=O) groups is 1. The molecule has 4 aromatic rings. The van der Waals surface area contributed by atoms with Gasteiger partial charge in [0.25, 0.3) is 0 Å². The summed E-state index contributed by atoms with van der Waals surface area (Å²) in [4.78, 5) is 13.0. The van der Waals surface area contributed by atoms with Crippen LogP contribution in [0.5, 0.6) is 0 Å². The van der Waals surface area contributed by atoms with Crippen molar-refractivity contribution < 1.29 is 17.6 Å². The lowest BCUT2D eigenvalue weighted by Gasteiger charge is -2.25. The summed E-state index contributed by atoms with van der Waals surface area (Å²) < 4.78 is 42.4. The zero-order chi connectivity index (χ0) is 27.8. The highest BCUT2D eigenvalue weighted by molar-refractivity contribution is 7.89. The van der Waals surface area contributed by atoms with E-state index >= 15 is 0 Å². The lowest BCUT2D eigenvalue weighted by Crippen LogP contribution is -2.42. The Morgan fingerprint density at radius 3 is 2.26 bits per heavy atom. The maximum atomic E-state index is 13.8. The molecular formula is C31H32FN3O3S. The first-order valence-corrected chi connectivity index (χ1v) is 14.2. The Morgan fingerprint density at radius 2 is 1.56 bits per heavy atom. The summed E-state index contributed by atoms with van der Waals surface area (Å²) in [5, 5.41) is 2.83. The molecule has 4 aromatic carbocycles. The number of nitrogens with one attached hydrogen (secondary N) is 1. The molecule has 0 saturated carbocycles. The number of halogens is 1. The zero-order valence-electron chi connectivity index (χ0n) is 21.8. The van der Waals surface area contributed by atoms with Crippen LogP contribution in [0.3, 0.4) is 0 Å². The Balaban J connectivity index is 1.55. The first-order chi connectivity index (χ1) is 18.8. The van der Waals surface area contributed by atoms with Gasteiger partial charge in [-0.15, -0.1) is 0 Å². The van der Waals surface area contributed by atoms with E-state index in [1.54, 1.807) is 24.3 Å². The number of benzene rings is 4. The summed E-state index contributed by atoms with van der Waals surface area (Å²) in [6, 6.07) is 29.5. The van der Waals surface area contributed by atoms with Gasteiger partial charge in [-0.3, -0.25) is 4.79 Å². The van der Waals surface area contributed by atoms with Crippen LogP contribution in [0.4, 0.5) is 4.39 Å². The molecule has 1 atom stereocenters. The molecule has 6 nitrogen and oxygen atoms in total. The standard InChI is InChI=1S/C31H32FN3O3S/c1-23(26-9-3-2-4-10-26)21-35(22-31(36)34-20-25-8-5-7-24(17-25)19-33)39(37,38)30-15-13-27(14-16-30)28-11-6-12-29(32)18-28/h2-18,23H,19-22,33H2,1H3,(H,34,36)/t23-/m0/s1. The smallest absolute Gasteiger partial charge is 0.243 e. The summed E-state index contributed by atoms with van der Waals surface area (Å²) >= 11 is 0. The van der Waals surface area contributed by atoms with Gasteiger partial charge >= 0.3 is 0 Å². The van der Waals surface area contributed by atoms with Crippen LogP contribution < -0.4 is 11.1 Å². The highest BCUT2D eigenvalue weighted by Gasteiger charge is 2.28. The molecule has 0 aliphatic heterocycles. The first-order valence-electron chi connectivity index (χ1n) is 12.7. The fourth-order valence-corrected chi connectivity index (χ4v) is 5.85. The van der Waals surface area contributed by atoms with Crippen molar-refractivity contribution >= 4 is 15.9 Å². The third kappa shape index (κ3) is 7.38. The predicted octanol–water partition coefficient (Wildman–Crippen LogP) is 5.06. The highest BCUT2D eigenvalue weighted by Crippen LogP contribution is 2.25. The largest absolute Gasteiger partial charge is 0.351 e. The van der Waals surface area contributed by atoms with E-state index in [1.807, 2.05) is 61.5 Å². The van der Waals surface area contributed by atoms with Crippen LogP contribution in [0.15, 0.2) is 108 Å². The van der Waals surface area contributed by atoms with Crippen molar-refractivity contribution in [3.05, 3.63) is 126 Å². The SMILES string of the molecule is C[C@@H](CN(CC(=O)NCc1cccc(CN)c1)S(=O)(=O)c1ccc(-c2cccc(F)c2)cc1)c1ccccc1. The number of nitrogens with two attached hydrogens (primary N) is 1. The molecule has 8 heteroatoms. The van der Waals surface area contributed by atoms with Crippen molar-refractivity contribution in [2.75, 3.05) is 13.1 Å². The van der Waals surface area contributed by atoms with Gasteiger partial charge < -0.3 is 11.1 Å². The van der Waals surface area contributed by atoms with Gasteiger partial charge in [0.1, 0.15) is 5.82 Å². The molecule has 0 bridgehead atoms. The van der Waals surface area contributed by atoms with Crippen molar-refractivity contribution in [1.82, 2.24) is 9.62 Å². The highest BCUT2D eigenvalue weighted by atomic mass is 32.2. The van der Waals surface area contributed by atoms with Gasteiger partial charge in [-0.05, 0) is 58.0 Å². The van der Waals surface area contributed by atoms with E-state index in [-0.39, 0.29) is 36.3 Å². The summed E-state index contributed by atoms with van der Waals surface area (Å²) in [6.45, 7) is 2.37. The van der Waals surface area contributed by atoms with Gasteiger partial charge in [0.15, 0.2) is 0 Å². The number of sulfonamides is 1. The van der Waals surface area contributed by atoms with Crippen LogP contribution in [0.2, 0.25) is 0 Å². The van der Waals surface area contributed by atoms with Crippen molar-refractivity contribution in [2.24, 2.45) is 5.73 Å². The van der Waals surface area contributed by atoms with Crippen molar-refractivity contribution in [2.45, 2.75) is 30.8 Å². The summed E-state index contributed by atoms with van der Waals surface area (Å²) in [5.41, 5.74) is 9.84. The number of amides is 1. The second kappa shape index (κ2) is 12.8. The van der Waals surface area contributed by atoms with E-state index in [9.17, 15) is 17.6 Å². The Morgan fingerprint density at radius 1 is 0.872 bits per heavy atom. The number of nitrogens with zero attached hydrogens (tertiary/aromatic N) is 1. The second-order valence-corrected chi connectivity index (χ2v) is 11.4. The summed E-state index contributed by atoms with van der Waals surface area (Å²) in [7, 11) is -4.02. The average molecular weight is 546 g/mol. The number of carbonyl (C=O) groups excluding carboxylic acids is 1. The maximum absolute atomic E-state index is 13.8. The molecule has 39 heavy (non-hydrogen) atoms. The summed E-state index contributed by atoms with van der Waals surface area (Å²) in [5.74, 6) is -0.930. The van der Waals surface area contributed by atoms with E-state index in [0.29, 0.717) is 17.7 Å². The number of rotatable bonds is 11. The molecule has 0 aliphatic rings. The summed E-state index contributed by atoms with van der Waals surface area (Å²) in [6.07, 6.45) is 0. The molecule has 0 aromatic heterocycles. The maximum Gasteiger partial charge on any atom is 0.243 e. The molecule has 0 spiro atoms. The Kier molecular flexibility index (Phi) is 9.24. The minimum absolute atomic E-state index is 0.0614. The van der Waals surface area contributed by atoms with Crippen molar-refractivity contribution in [3.63, 3.8) is 0 Å². The molecule has 202 valence electrons. The Bertz CT molecular complexity index is 1510. The van der Waals surface area contributed by atoms with Crippen molar-refractivity contribution in [1.29, 1.82) is 0 Å². The van der Waals surface area contributed by atoms with Crippen LogP contribution in [0.1, 0.15) is 29.5 Å². The molecule has 3 N–H and O–H groups in total. The quantitative estimate of drug-likeness (QED) is 0.276. The van der Waals surface area contributed by atoms with Crippen molar-refractivity contribution in [3.8, 4) is 11.1 Å². The van der Waals surface area contributed by atoms with Crippen LogP contribution in [-0.2, 0) is 27.9 Å². The van der Waals surface area contributed by atoms with Gasteiger partial charge in [-0.1, -0.05) is 85.8 Å². The van der Waals surface area contributed by atoms with Gasteiger partial charge in [-0.2, -0.15) is 4.31 Å². The molecule has 0 unspecified atom stereocenters. The molecular weight excluding hydrogens is 513 g/mol. The molecule has 0 heterocycles. The molecule has 0 aliphatic carbocycles. The zero-order valence-corrected chi connectivity index (χ0v) is 22.6. The molecule has 1 amide bonds. The molecule has 0 fully saturated rings. The fraction of sp³-hybridized carbons (Fsp3) is 0.194. The van der Waals surface area contributed by atoms with E-state index in [2.05, 4.69) is 5.32 Å². The van der Waals surface area contributed by atoms with E-state index < -0.39 is 15.9 Å². The average Bonchev–Trinajstić information content (AvgIpc) is 2.96. The first kappa shape index (κ1) is 28.2. The van der Waals surface area contributed by atoms with Crippen LogP contribution in [-0.4, -0.2) is 31.7 Å². The van der Waals surface area contributed by atoms with Gasteiger partial charge in [0.2, 0.25) is 15.9 Å². The number of hydrogen-bond donors (Lipinski definition) is 2. The second-order valence-electron chi connectivity index (χ2n) is 9.44. The predicted molar refractivity (Wildman–Crippen MR) is 152 cm³/mol. The lowest BCUT2D eigenvalue weighted by molar-refractivity contribution is -0.121. The van der Waals surface area contributed by atoms with E-state index in [4.69, 9.17) is 5.73 Å². The minimum atomic E-state index is -4.02. The third-order valence-electron chi connectivity index (χ3n) is 6.53. The topological polar surface area (TPSA) is 92.5 Å². The fourth-order valence-electron chi connectivity index (χ4n) is 4.36.